The fourth-order valence-corrected chi connectivity index (χ4v) is 1.33. The minimum absolute atomic E-state index is 0.198. The van der Waals surface area contributed by atoms with Gasteiger partial charge in [-0.15, -0.1) is 0 Å². The van der Waals surface area contributed by atoms with E-state index in [0.29, 0.717) is 23.2 Å². The Hall–Kier alpha value is -0.800. The zero-order valence-corrected chi connectivity index (χ0v) is 8.56. The fraction of sp³-hybridized carbons (Fsp3) is 0.250. The number of ether oxygens (including phenoxy) is 1. The Bertz CT molecular complexity index is 318. The Labute approximate surface area is 86.4 Å². The molecular formula is C8H8Cl2N2O. The molecule has 0 atom stereocenters. The highest BCUT2D eigenvalue weighted by Gasteiger charge is 2.13. The first-order valence-corrected chi connectivity index (χ1v) is 4.28. The lowest BCUT2D eigenvalue weighted by Gasteiger charge is -2.04. The van der Waals surface area contributed by atoms with Crippen LogP contribution in [0.1, 0.15) is 0 Å². The van der Waals surface area contributed by atoms with Gasteiger partial charge in [-0.25, -0.2) is 4.99 Å². The molecule has 5 heteroatoms. The van der Waals surface area contributed by atoms with Crippen LogP contribution >= 0.6 is 23.2 Å². The van der Waals surface area contributed by atoms with E-state index >= 15 is 0 Å². The summed E-state index contributed by atoms with van der Waals surface area (Å²) in [5.41, 5.74) is 0.562. The number of aliphatic imine (C=N–C) groups is 2. The molecule has 1 heterocycles. The maximum absolute atomic E-state index is 5.81. The zero-order valence-electron chi connectivity index (χ0n) is 7.05. The van der Waals surface area contributed by atoms with Crippen molar-refractivity contribution in [2.45, 2.75) is 0 Å². The summed E-state index contributed by atoms with van der Waals surface area (Å²) in [6.45, 7) is 3.88. The van der Waals surface area contributed by atoms with Crippen molar-refractivity contribution < 1.29 is 4.74 Å². The average Bonchev–Trinajstić information content (AvgIpc) is 2.23. The van der Waals surface area contributed by atoms with Gasteiger partial charge in [0.2, 0.25) is 0 Å². The van der Waals surface area contributed by atoms with Crippen LogP contribution in [-0.2, 0) is 4.74 Å². The van der Waals surface area contributed by atoms with Gasteiger partial charge in [0.05, 0.1) is 13.7 Å². The topological polar surface area (TPSA) is 34.0 Å². The summed E-state index contributed by atoms with van der Waals surface area (Å²) in [6.07, 6.45) is 1.55. The van der Waals surface area contributed by atoms with Crippen molar-refractivity contribution in [2.24, 2.45) is 9.98 Å². The lowest BCUT2D eigenvalue weighted by atomic mass is 10.3. The third kappa shape index (κ3) is 2.32. The van der Waals surface area contributed by atoms with Gasteiger partial charge in [-0.2, -0.15) is 0 Å². The van der Waals surface area contributed by atoms with Crippen LogP contribution in [0.3, 0.4) is 0 Å². The van der Waals surface area contributed by atoms with Crippen LogP contribution in [0.25, 0.3) is 0 Å². The lowest BCUT2D eigenvalue weighted by Crippen LogP contribution is -2.02. The second-order valence-electron chi connectivity index (χ2n) is 2.22. The van der Waals surface area contributed by atoms with Gasteiger partial charge in [-0.05, 0) is 6.08 Å². The van der Waals surface area contributed by atoms with Crippen LogP contribution in [0.5, 0.6) is 0 Å². The van der Waals surface area contributed by atoms with Crippen LogP contribution in [-0.4, -0.2) is 24.5 Å². The van der Waals surface area contributed by atoms with E-state index < -0.39 is 0 Å². The van der Waals surface area contributed by atoms with Gasteiger partial charge in [0, 0.05) is 0 Å². The van der Waals surface area contributed by atoms with Crippen molar-refractivity contribution >= 4 is 34.1 Å². The van der Waals surface area contributed by atoms with Crippen LogP contribution in [0.2, 0.25) is 0 Å². The van der Waals surface area contributed by atoms with E-state index in [0.717, 1.165) is 0 Å². The number of allylic oxidation sites excluding steroid dienone is 1. The Morgan fingerprint density at radius 3 is 2.77 bits per heavy atom. The molecule has 13 heavy (non-hydrogen) atoms. The van der Waals surface area contributed by atoms with Crippen molar-refractivity contribution in [3.05, 3.63) is 23.6 Å². The Morgan fingerprint density at radius 1 is 1.54 bits per heavy atom. The van der Waals surface area contributed by atoms with Crippen molar-refractivity contribution in [3.8, 4) is 0 Å². The Balaban J connectivity index is 3.16. The molecule has 0 unspecified atom stereocenters. The van der Waals surface area contributed by atoms with Crippen LogP contribution in [0.4, 0.5) is 0 Å². The third-order valence-corrected chi connectivity index (χ3v) is 1.88. The second-order valence-corrected chi connectivity index (χ2v) is 3.01. The van der Waals surface area contributed by atoms with Crippen molar-refractivity contribution in [3.63, 3.8) is 0 Å². The highest BCUT2D eigenvalue weighted by atomic mass is 35.5. The molecule has 0 N–H and O–H groups in total. The minimum atomic E-state index is 0.198. The van der Waals surface area contributed by atoms with Gasteiger partial charge in [0.15, 0.2) is 10.9 Å². The number of rotatable bonds is 2. The molecule has 0 radical (unpaired) electrons. The molecule has 1 aliphatic rings. The van der Waals surface area contributed by atoms with Crippen LogP contribution < -0.4 is 0 Å². The summed E-state index contributed by atoms with van der Waals surface area (Å²) in [5.74, 6) is 0.396. The van der Waals surface area contributed by atoms with Crippen LogP contribution in [0.15, 0.2) is 33.6 Å². The first-order chi connectivity index (χ1) is 6.19. The van der Waals surface area contributed by atoms with Crippen molar-refractivity contribution in [2.75, 3.05) is 13.7 Å². The van der Waals surface area contributed by atoms with Crippen molar-refractivity contribution in [1.29, 1.82) is 0 Å². The van der Waals surface area contributed by atoms with Gasteiger partial charge in [-0.3, -0.25) is 4.99 Å². The van der Waals surface area contributed by atoms with E-state index in [1.165, 1.54) is 7.11 Å². The van der Waals surface area contributed by atoms with E-state index in [1.54, 1.807) is 6.08 Å². The summed E-state index contributed by atoms with van der Waals surface area (Å²) in [6, 6.07) is 0. The molecule has 0 bridgehead atoms. The molecule has 1 aliphatic heterocycles. The maximum atomic E-state index is 5.81. The zero-order chi connectivity index (χ0) is 9.84. The molecule has 0 aromatic rings. The van der Waals surface area contributed by atoms with E-state index in [4.69, 9.17) is 27.9 Å². The smallest absolute Gasteiger partial charge is 0.181 e. The monoisotopic (exact) mass is 218 g/mol. The second kappa shape index (κ2) is 4.44. The summed E-state index contributed by atoms with van der Waals surface area (Å²) < 4.78 is 5.02. The highest BCUT2D eigenvalue weighted by Crippen LogP contribution is 2.18. The molecule has 3 nitrogen and oxygen atoms in total. The van der Waals surface area contributed by atoms with Crippen LogP contribution in [0, 0.1) is 0 Å². The molecule has 0 saturated heterocycles. The average molecular weight is 219 g/mol. The molecular weight excluding hydrogens is 211 g/mol. The molecule has 0 spiro atoms. The Morgan fingerprint density at radius 2 is 2.23 bits per heavy atom. The van der Waals surface area contributed by atoms with E-state index in [2.05, 4.69) is 16.6 Å². The maximum Gasteiger partial charge on any atom is 0.181 e. The number of nitrogens with zero attached hydrogens (tertiary/aromatic N) is 2. The van der Waals surface area contributed by atoms with E-state index in [1.807, 2.05) is 0 Å². The minimum Gasteiger partial charge on any atom is -0.491 e. The third-order valence-electron chi connectivity index (χ3n) is 1.42. The van der Waals surface area contributed by atoms with Gasteiger partial charge in [0.1, 0.15) is 10.9 Å². The van der Waals surface area contributed by atoms with Gasteiger partial charge < -0.3 is 4.74 Å². The predicted octanol–water partition coefficient (Wildman–Crippen LogP) is 2.32. The van der Waals surface area contributed by atoms with Gasteiger partial charge in [-0.1, -0.05) is 29.8 Å². The normalized spacial score (nSPS) is 17.5. The highest BCUT2D eigenvalue weighted by molar-refractivity contribution is 6.66. The molecule has 0 aromatic carbocycles. The summed E-state index contributed by atoms with van der Waals surface area (Å²) >= 11 is 11.5. The summed E-state index contributed by atoms with van der Waals surface area (Å²) in [5, 5.41) is 0.528. The largest absolute Gasteiger partial charge is 0.491 e. The van der Waals surface area contributed by atoms with Crippen molar-refractivity contribution in [1.82, 2.24) is 0 Å². The summed E-state index contributed by atoms with van der Waals surface area (Å²) in [4.78, 5) is 7.96. The molecule has 0 fully saturated rings. The quantitative estimate of drug-likeness (QED) is 0.656. The molecule has 0 aliphatic carbocycles. The predicted molar refractivity (Wildman–Crippen MR) is 55.7 cm³/mol. The molecule has 1 rings (SSSR count). The molecule has 0 saturated carbocycles. The fourth-order valence-electron chi connectivity index (χ4n) is 0.867. The van der Waals surface area contributed by atoms with E-state index in [-0.39, 0.29) is 5.16 Å². The first-order valence-electron chi connectivity index (χ1n) is 3.53. The summed E-state index contributed by atoms with van der Waals surface area (Å²) in [7, 11) is 1.49. The Kier molecular flexibility index (Phi) is 3.51. The molecule has 70 valence electrons. The van der Waals surface area contributed by atoms with Gasteiger partial charge >= 0.3 is 0 Å². The lowest BCUT2D eigenvalue weighted by molar-refractivity contribution is 0.313. The number of halogens is 2. The number of hydrogen-bond donors (Lipinski definition) is 0. The van der Waals surface area contributed by atoms with E-state index in [9.17, 15) is 0 Å². The standard InChI is InChI=1S/C8H8Cl2N2O/c1-3-5-7(13-2)8(10)12-6(9)4-11-5/h3H,1,4H2,2H3. The molecule has 0 aromatic heterocycles. The number of hydrogen-bond acceptors (Lipinski definition) is 3. The molecule has 0 amide bonds. The number of methoxy groups -OCH3 is 1. The van der Waals surface area contributed by atoms with Gasteiger partial charge in [0.25, 0.3) is 0 Å². The SMILES string of the molecule is C=CC1=NCC(Cl)=NC(Cl)=C1OC. The first kappa shape index (κ1) is 10.3.